The van der Waals surface area contributed by atoms with Crippen molar-refractivity contribution in [3.05, 3.63) is 35.3 Å². The number of nitrogens with one attached hydrogen (secondary N) is 2. The van der Waals surface area contributed by atoms with Crippen LogP contribution in [0.2, 0.25) is 0 Å². The van der Waals surface area contributed by atoms with Gasteiger partial charge >= 0.3 is 0 Å². The SMILES string of the molecule is C[NH+](C)CC(=O)Nc1ccccc1-c1nc(CC(=O)[O-])cs1. The van der Waals surface area contributed by atoms with Crippen LogP contribution in [0.4, 0.5) is 5.69 Å². The Morgan fingerprint density at radius 2 is 2.05 bits per heavy atom. The molecule has 7 heteroatoms. The molecule has 1 heterocycles. The van der Waals surface area contributed by atoms with Gasteiger partial charge < -0.3 is 20.1 Å². The Kier molecular flexibility index (Phi) is 5.24. The Hall–Kier alpha value is -2.25. The van der Waals surface area contributed by atoms with E-state index in [0.29, 0.717) is 22.9 Å². The van der Waals surface area contributed by atoms with Crippen molar-refractivity contribution < 1.29 is 19.6 Å². The number of aromatic nitrogens is 1. The summed E-state index contributed by atoms with van der Waals surface area (Å²) in [4.78, 5) is 27.9. The molecule has 0 bridgehead atoms. The zero-order valence-electron chi connectivity index (χ0n) is 12.4. The Bertz CT molecular complexity index is 682. The van der Waals surface area contributed by atoms with Crippen LogP contribution in [0, 0.1) is 0 Å². The number of para-hydroxylation sites is 1. The molecule has 2 aromatic rings. The standard InChI is InChI=1S/C15H17N3O3S/c1-18(2)8-13(19)17-12-6-4-3-5-11(12)15-16-10(9-22-15)7-14(20)21/h3-6,9H,7-8H2,1-2H3,(H,17,19)(H,20,21). The van der Waals surface area contributed by atoms with Crippen LogP contribution in [-0.2, 0) is 16.0 Å². The van der Waals surface area contributed by atoms with E-state index in [2.05, 4.69) is 10.3 Å². The molecule has 0 aliphatic carbocycles. The van der Waals surface area contributed by atoms with Gasteiger partial charge in [-0.15, -0.1) is 11.3 Å². The zero-order valence-corrected chi connectivity index (χ0v) is 13.2. The smallest absolute Gasteiger partial charge is 0.279 e. The molecule has 0 aliphatic heterocycles. The first kappa shape index (κ1) is 16.1. The number of thiazole rings is 1. The minimum Gasteiger partial charge on any atom is -0.550 e. The van der Waals surface area contributed by atoms with Crippen molar-refractivity contribution in [2.75, 3.05) is 26.0 Å². The van der Waals surface area contributed by atoms with Gasteiger partial charge in [0, 0.05) is 23.3 Å². The largest absolute Gasteiger partial charge is 0.550 e. The van der Waals surface area contributed by atoms with Crippen LogP contribution >= 0.6 is 11.3 Å². The summed E-state index contributed by atoms with van der Waals surface area (Å²) in [6.45, 7) is 0.363. The van der Waals surface area contributed by atoms with Gasteiger partial charge in [0.25, 0.3) is 5.91 Å². The average Bonchev–Trinajstić information content (AvgIpc) is 2.85. The molecule has 0 unspecified atom stereocenters. The van der Waals surface area contributed by atoms with Gasteiger partial charge in [0.1, 0.15) is 5.01 Å². The van der Waals surface area contributed by atoms with Crippen molar-refractivity contribution in [1.82, 2.24) is 4.98 Å². The fourth-order valence-electron chi connectivity index (χ4n) is 1.95. The Labute approximate surface area is 132 Å². The van der Waals surface area contributed by atoms with Gasteiger partial charge in [-0.2, -0.15) is 0 Å². The molecule has 0 saturated carbocycles. The van der Waals surface area contributed by atoms with Crippen LogP contribution in [0.5, 0.6) is 0 Å². The Morgan fingerprint density at radius 3 is 2.73 bits per heavy atom. The predicted octanol–water partition coefficient (Wildman–Crippen LogP) is -0.814. The van der Waals surface area contributed by atoms with Crippen LogP contribution in [0.1, 0.15) is 5.69 Å². The maximum atomic E-state index is 11.9. The third-order valence-electron chi connectivity index (χ3n) is 2.82. The van der Waals surface area contributed by atoms with E-state index in [0.717, 1.165) is 10.5 Å². The number of anilines is 1. The van der Waals surface area contributed by atoms with E-state index in [-0.39, 0.29) is 12.3 Å². The number of likely N-dealkylation sites (N-methyl/N-ethyl adjacent to an activating group) is 1. The van der Waals surface area contributed by atoms with E-state index in [1.54, 1.807) is 11.4 Å². The van der Waals surface area contributed by atoms with Crippen molar-refractivity contribution in [2.24, 2.45) is 0 Å². The van der Waals surface area contributed by atoms with Crippen molar-refractivity contribution in [2.45, 2.75) is 6.42 Å². The van der Waals surface area contributed by atoms with E-state index >= 15 is 0 Å². The van der Waals surface area contributed by atoms with Gasteiger partial charge in [-0.05, 0) is 12.1 Å². The number of quaternary nitrogens is 1. The number of carboxylic acid groups (broad SMARTS) is 1. The summed E-state index contributed by atoms with van der Waals surface area (Å²) in [5.74, 6) is -1.24. The summed E-state index contributed by atoms with van der Waals surface area (Å²) in [5, 5.41) is 15.9. The summed E-state index contributed by atoms with van der Waals surface area (Å²) in [6, 6.07) is 7.33. The lowest BCUT2D eigenvalue weighted by atomic mass is 10.2. The van der Waals surface area contributed by atoms with Crippen LogP contribution in [0.15, 0.2) is 29.6 Å². The summed E-state index contributed by atoms with van der Waals surface area (Å²) in [6.07, 6.45) is -0.213. The normalized spacial score (nSPS) is 10.7. The second kappa shape index (κ2) is 7.15. The molecule has 0 atom stereocenters. The number of rotatable bonds is 6. The molecule has 1 amide bonds. The number of carbonyl (C=O) groups is 2. The van der Waals surface area contributed by atoms with Gasteiger partial charge in [-0.3, -0.25) is 4.79 Å². The lowest BCUT2D eigenvalue weighted by molar-refractivity contribution is -0.849. The van der Waals surface area contributed by atoms with E-state index in [1.165, 1.54) is 11.3 Å². The minimum atomic E-state index is -1.16. The molecule has 0 radical (unpaired) electrons. The molecular formula is C15H17N3O3S. The molecular weight excluding hydrogens is 302 g/mol. The maximum absolute atomic E-state index is 11.9. The van der Waals surface area contributed by atoms with Crippen LogP contribution in [-0.4, -0.2) is 37.5 Å². The highest BCUT2D eigenvalue weighted by molar-refractivity contribution is 7.13. The average molecular weight is 319 g/mol. The summed E-state index contributed by atoms with van der Waals surface area (Å²) in [7, 11) is 3.80. The van der Waals surface area contributed by atoms with Gasteiger partial charge in [-0.1, -0.05) is 12.1 Å². The molecule has 0 fully saturated rings. The number of amides is 1. The molecule has 22 heavy (non-hydrogen) atoms. The molecule has 0 aliphatic rings. The molecule has 0 saturated heterocycles. The van der Waals surface area contributed by atoms with Gasteiger partial charge in [0.15, 0.2) is 6.54 Å². The van der Waals surface area contributed by atoms with E-state index in [9.17, 15) is 14.7 Å². The summed E-state index contributed by atoms with van der Waals surface area (Å²) >= 11 is 1.34. The van der Waals surface area contributed by atoms with Gasteiger partial charge in [0.05, 0.1) is 25.5 Å². The third-order valence-corrected chi connectivity index (χ3v) is 3.75. The number of hydrogen-bond acceptors (Lipinski definition) is 5. The van der Waals surface area contributed by atoms with Crippen molar-refractivity contribution >= 4 is 28.9 Å². The lowest BCUT2D eigenvalue weighted by Crippen LogP contribution is -3.06. The van der Waals surface area contributed by atoms with Gasteiger partial charge in [-0.25, -0.2) is 4.98 Å². The highest BCUT2D eigenvalue weighted by Gasteiger charge is 2.13. The van der Waals surface area contributed by atoms with Crippen LogP contribution in [0.3, 0.4) is 0 Å². The minimum absolute atomic E-state index is 0.0843. The molecule has 2 N–H and O–H groups in total. The summed E-state index contributed by atoms with van der Waals surface area (Å²) < 4.78 is 0. The number of carbonyl (C=O) groups excluding carboxylic acids is 2. The number of aliphatic carboxylic acids is 1. The number of hydrogen-bond donors (Lipinski definition) is 2. The zero-order chi connectivity index (χ0) is 16.1. The predicted molar refractivity (Wildman–Crippen MR) is 82.6 cm³/mol. The quantitative estimate of drug-likeness (QED) is 0.729. The highest BCUT2D eigenvalue weighted by atomic mass is 32.1. The fourth-order valence-corrected chi connectivity index (χ4v) is 2.81. The molecule has 2 rings (SSSR count). The Balaban J connectivity index is 2.22. The molecule has 0 spiro atoms. The van der Waals surface area contributed by atoms with Crippen molar-refractivity contribution in [3.8, 4) is 10.6 Å². The fraction of sp³-hybridized carbons (Fsp3) is 0.267. The van der Waals surface area contributed by atoms with Crippen LogP contribution in [0.25, 0.3) is 10.6 Å². The first-order chi connectivity index (χ1) is 10.5. The summed E-state index contributed by atoms with van der Waals surface area (Å²) in [5.41, 5.74) is 1.90. The second-order valence-electron chi connectivity index (χ2n) is 5.17. The second-order valence-corrected chi connectivity index (χ2v) is 6.03. The van der Waals surface area contributed by atoms with E-state index < -0.39 is 5.97 Å². The van der Waals surface area contributed by atoms with Crippen molar-refractivity contribution in [3.63, 3.8) is 0 Å². The maximum Gasteiger partial charge on any atom is 0.279 e. The lowest BCUT2D eigenvalue weighted by Gasteiger charge is -2.11. The van der Waals surface area contributed by atoms with Gasteiger partial charge in [0.2, 0.25) is 0 Å². The first-order valence-electron chi connectivity index (χ1n) is 6.78. The monoisotopic (exact) mass is 319 g/mol. The topological polar surface area (TPSA) is 86.6 Å². The number of benzene rings is 1. The number of carboxylic acids is 1. The highest BCUT2D eigenvalue weighted by Crippen LogP contribution is 2.30. The molecule has 1 aromatic carbocycles. The Morgan fingerprint density at radius 1 is 1.32 bits per heavy atom. The van der Waals surface area contributed by atoms with Crippen LogP contribution < -0.4 is 15.3 Å². The number of nitrogens with zero attached hydrogens (tertiary/aromatic N) is 1. The van der Waals surface area contributed by atoms with E-state index in [4.69, 9.17) is 0 Å². The molecule has 116 valence electrons. The first-order valence-corrected chi connectivity index (χ1v) is 7.66. The van der Waals surface area contributed by atoms with E-state index in [1.807, 2.05) is 32.3 Å². The third kappa shape index (κ3) is 4.37. The van der Waals surface area contributed by atoms with Crippen molar-refractivity contribution in [1.29, 1.82) is 0 Å². The molecule has 6 nitrogen and oxygen atoms in total. The molecule has 1 aromatic heterocycles.